The third-order valence-corrected chi connectivity index (χ3v) is 7.95. The molecule has 0 saturated carbocycles. The summed E-state index contributed by atoms with van der Waals surface area (Å²) in [6.45, 7) is 10.7. The van der Waals surface area contributed by atoms with E-state index in [9.17, 15) is 14.4 Å². The van der Waals surface area contributed by atoms with Gasteiger partial charge < -0.3 is 9.47 Å². The van der Waals surface area contributed by atoms with Crippen LogP contribution < -0.4 is 0 Å². The van der Waals surface area contributed by atoms with Crippen LogP contribution in [0.15, 0.2) is 72.8 Å². The van der Waals surface area contributed by atoms with Gasteiger partial charge in [0.1, 0.15) is 21.5 Å². The highest BCUT2D eigenvalue weighted by Crippen LogP contribution is 2.30. The number of ether oxygens (including phenoxy) is 2. The highest BCUT2D eigenvalue weighted by atomic mass is 79.9. The topological polar surface area (TPSA) is 131 Å². The standard InChI is InChI=1S/C18H17BrClN3O2.C18H16ClN3O3/c1-18(2,3)25-17(24)23-12(10-19)9-13-14(20)21-15(22-16(13)23)11-7-5-4-6-8-11;1-18(2,3)25-17(24)22-12(10-23)9-13-14(19)20-15(21-16(13)22)11-7-5-4-6-8-11/h4-9H,10H2,1-3H3;4-10H,1-3H3. The SMILES string of the molecule is CC(C)(C)OC(=O)n1c(C=O)cc2c(Cl)nc(-c3ccccc3)nc21.CC(C)(C)OC(=O)n1c(CBr)cc2c(Cl)nc(-c3ccccc3)nc21. The van der Waals surface area contributed by atoms with Gasteiger partial charge >= 0.3 is 12.2 Å². The predicted molar refractivity (Wildman–Crippen MR) is 197 cm³/mol. The zero-order chi connectivity index (χ0) is 36.4. The zero-order valence-electron chi connectivity index (χ0n) is 28.1. The second-order valence-corrected chi connectivity index (χ2v) is 14.2. The Kier molecular flexibility index (Phi) is 10.8. The highest BCUT2D eigenvalue weighted by molar-refractivity contribution is 9.08. The van der Waals surface area contributed by atoms with E-state index in [1.165, 1.54) is 10.6 Å². The van der Waals surface area contributed by atoms with Gasteiger partial charge in [-0.3, -0.25) is 4.79 Å². The van der Waals surface area contributed by atoms with Gasteiger partial charge in [0.2, 0.25) is 0 Å². The molecule has 0 unspecified atom stereocenters. The maximum absolute atomic E-state index is 12.7. The quantitative estimate of drug-likeness (QED) is 0.0975. The lowest BCUT2D eigenvalue weighted by Crippen LogP contribution is -2.28. The Bertz CT molecular complexity index is 2210. The minimum Gasteiger partial charge on any atom is -0.443 e. The van der Waals surface area contributed by atoms with Crippen molar-refractivity contribution in [2.75, 3.05) is 0 Å². The van der Waals surface area contributed by atoms with Crippen LogP contribution in [0.2, 0.25) is 10.3 Å². The van der Waals surface area contributed by atoms with E-state index in [0.717, 1.165) is 15.7 Å². The number of hydrogen-bond acceptors (Lipinski definition) is 9. The Balaban J connectivity index is 0.000000194. The molecule has 0 aliphatic rings. The smallest absolute Gasteiger partial charge is 0.420 e. The predicted octanol–water partition coefficient (Wildman–Crippen LogP) is 9.78. The van der Waals surface area contributed by atoms with Crippen LogP contribution in [0.5, 0.6) is 0 Å². The number of aldehydes is 1. The molecule has 6 aromatic rings. The number of rotatable bonds is 4. The van der Waals surface area contributed by atoms with Crippen LogP contribution in [0, 0.1) is 0 Å². The van der Waals surface area contributed by atoms with E-state index in [-0.39, 0.29) is 16.5 Å². The molecule has 11 nitrogen and oxygen atoms in total. The molecule has 0 aliphatic heterocycles. The van der Waals surface area contributed by atoms with Gasteiger partial charge in [-0.25, -0.2) is 38.7 Å². The third kappa shape index (κ3) is 8.20. The molecule has 258 valence electrons. The van der Waals surface area contributed by atoms with Gasteiger partial charge in [-0.1, -0.05) is 99.8 Å². The van der Waals surface area contributed by atoms with Crippen molar-refractivity contribution in [1.29, 1.82) is 0 Å². The lowest BCUT2D eigenvalue weighted by molar-refractivity contribution is 0.0528. The first-order valence-corrected chi connectivity index (χ1v) is 17.2. The normalized spacial score (nSPS) is 11.6. The van der Waals surface area contributed by atoms with Crippen molar-refractivity contribution in [3.8, 4) is 22.8 Å². The Morgan fingerprint density at radius 1 is 0.700 bits per heavy atom. The van der Waals surface area contributed by atoms with Gasteiger partial charge in [-0.05, 0) is 53.7 Å². The molecule has 2 aromatic carbocycles. The first kappa shape index (κ1) is 36.6. The Morgan fingerprint density at radius 2 is 1.12 bits per heavy atom. The van der Waals surface area contributed by atoms with Gasteiger partial charge in [0, 0.05) is 22.2 Å². The average Bonchev–Trinajstić information content (AvgIpc) is 3.64. The number of aromatic nitrogens is 6. The van der Waals surface area contributed by atoms with Crippen LogP contribution >= 0.6 is 39.1 Å². The van der Waals surface area contributed by atoms with Gasteiger partial charge in [0.05, 0.1) is 16.5 Å². The van der Waals surface area contributed by atoms with E-state index < -0.39 is 23.4 Å². The van der Waals surface area contributed by atoms with Crippen molar-refractivity contribution < 1.29 is 23.9 Å². The average molecular weight is 781 g/mol. The summed E-state index contributed by atoms with van der Waals surface area (Å²) in [4.78, 5) is 54.3. The second-order valence-electron chi connectivity index (χ2n) is 13.0. The van der Waals surface area contributed by atoms with Crippen molar-refractivity contribution in [2.24, 2.45) is 0 Å². The Morgan fingerprint density at radius 3 is 1.54 bits per heavy atom. The first-order chi connectivity index (χ1) is 23.6. The minimum atomic E-state index is -0.715. The first-order valence-electron chi connectivity index (χ1n) is 15.4. The van der Waals surface area contributed by atoms with Crippen LogP contribution in [0.4, 0.5) is 9.59 Å². The summed E-state index contributed by atoms with van der Waals surface area (Å²) in [5.41, 5.74) is 1.71. The number of alkyl halides is 1. The molecule has 6 rings (SSSR count). The minimum absolute atomic E-state index is 0.102. The monoisotopic (exact) mass is 778 g/mol. The van der Waals surface area contributed by atoms with Crippen LogP contribution in [-0.4, -0.2) is 58.7 Å². The fourth-order valence-corrected chi connectivity index (χ4v) is 5.63. The lowest BCUT2D eigenvalue weighted by atomic mass is 10.2. The molecule has 0 radical (unpaired) electrons. The number of nitrogens with zero attached hydrogens (tertiary/aromatic N) is 6. The van der Waals surface area contributed by atoms with Crippen molar-refractivity contribution in [3.63, 3.8) is 0 Å². The van der Waals surface area contributed by atoms with E-state index in [0.29, 0.717) is 50.5 Å². The molecule has 0 amide bonds. The van der Waals surface area contributed by atoms with Crippen molar-refractivity contribution in [3.05, 3.63) is 94.5 Å². The largest absolute Gasteiger partial charge is 0.443 e. The summed E-state index contributed by atoms with van der Waals surface area (Å²) in [5, 5.41) is 1.94. The molecule has 0 bridgehead atoms. The van der Waals surface area contributed by atoms with Gasteiger partial charge in [-0.2, -0.15) is 0 Å². The van der Waals surface area contributed by atoms with E-state index in [1.807, 2.05) is 81.4 Å². The van der Waals surface area contributed by atoms with E-state index in [2.05, 4.69) is 35.9 Å². The van der Waals surface area contributed by atoms with Crippen LogP contribution in [0.1, 0.15) is 57.7 Å². The molecule has 4 aromatic heterocycles. The molecule has 0 N–H and O–H groups in total. The molecule has 0 aliphatic carbocycles. The maximum atomic E-state index is 12.7. The number of carbonyl (C=O) groups is 3. The second kappa shape index (κ2) is 14.7. The van der Waals surface area contributed by atoms with Crippen molar-refractivity contribution in [1.82, 2.24) is 29.1 Å². The molecule has 0 spiro atoms. The van der Waals surface area contributed by atoms with E-state index in [4.69, 9.17) is 32.7 Å². The van der Waals surface area contributed by atoms with Crippen molar-refractivity contribution in [2.45, 2.75) is 58.1 Å². The van der Waals surface area contributed by atoms with Gasteiger partial charge in [-0.15, -0.1) is 0 Å². The van der Waals surface area contributed by atoms with E-state index >= 15 is 0 Å². The molecule has 0 atom stereocenters. The molecular formula is C36H33BrCl2N6O5. The van der Waals surface area contributed by atoms with Crippen LogP contribution in [-0.2, 0) is 14.8 Å². The molecular weight excluding hydrogens is 747 g/mol. The third-order valence-electron chi connectivity index (χ3n) is 6.80. The molecule has 0 saturated heterocycles. The molecule has 4 heterocycles. The Labute approximate surface area is 306 Å². The summed E-state index contributed by atoms with van der Waals surface area (Å²) in [6.07, 6.45) is -0.631. The van der Waals surface area contributed by atoms with Gasteiger partial charge in [0.15, 0.2) is 29.2 Å². The van der Waals surface area contributed by atoms with Crippen molar-refractivity contribution >= 4 is 79.7 Å². The number of halogens is 3. The van der Waals surface area contributed by atoms with Crippen LogP contribution in [0.25, 0.3) is 44.8 Å². The lowest BCUT2D eigenvalue weighted by Gasteiger charge is -2.20. The number of benzene rings is 2. The zero-order valence-corrected chi connectivity index (χ0v) is 31.2. The fourth-order valence-electron chi connectivity index (χ4n) is 4.78. The fraction of sp³-hybridized carbons (Fsp3) is 0.250. The number of hydrogen-bond donors (Lipinski definition) is 0. The summed E-state index contributed by atoms with van der Waals surface area (Å²) < 4.78 is 13.5. The maximum Gasteiger partial charge on any atom is 0.420 e. The number of fused-ring (bicyclic) bond motifs is 2. The number of carbonyl (C=O) groups excluding carboxylic acids is 3. The summed E-state index contributed by atoms with van der Waals surface area (Å²) in [5.74, 6) is 0.820. The summed E-state index contributed by atoms with van der Waals surface area (Å²) >= 11 is 16.0. The van der Waals surface area contributed by atoms with E-state index in [1.54, 1.807) is 26.8 Å². The summed E-state index contributed by atoms with van der Waals surface area (Å²) in [6, 6.07) is 22.0. The molecule has 0 fully saturated rings. The van der Waals surface area contributed by atoms with Crippen LogP contribution in [0.3, 0.4) is 0 Å². The molecule has 50 heavy (non-hydrogen) atoms. The Hall–Kier alpha value is -4.65. The van der Waals surface area contributed by atoms with Gasteiger partial charge in [0.25, 0.3) is 0 Å². The summed E-state index contributed by atoms with van der Waals surface area (Å²) in [7, 11) is 0. The highest BCUT2D eigenvalue weighted by Gasteiger charge is 2.26. The molecule has 14 heteroatoms.